The first-order valence-corrected chi connectivity index (χ1v) is 4.37. The predicted octanol–water partition coefficient (Wildman–Crippen LogP) is 0.250. The molecule has 1 N–H and O–H groups in total. The Labute approximate surface area is 78.9 Å². The number of carbonyl (C=O) groups excluding carboxylic acids is 1. The zero-order valence-electron chi connectivity index (χ0n) is 7.08. The van der Waals surface area contributed by atoms with Gasteiger partial charge in [0.25, 0.3) is 0 Å². The highest BCUT2D eigenvalue weighted by Crippen LogP contribution is 2.14. The van der Waals surface area contributed by atoms with Gasteiger partial charge in [-0.25, -0.2) is 0 Å². The zero-order valence-corrected chi connectivity index (χ0v) is 7.90. The molecule has 3 nitrogen and oxygen atoms in total. The second-order valence-corrected chi connectivity index (χ2v) is 3.39. The van der Waals surface area contributed by atoms with E-state index in [9.17, 15) is 4.79 Å². The molecule has 0 aromatic carbocycles. The summed E-state index contributed by atoms with van der Waals surface area (Å²) in [7, 11) is 0. The largest absolute Gasteiger partial charge is 0.342 e. The van der Waals surface area contributed by atoms with Crippen LogP contribution in [0.25, 0.3) is 0 Å². The highest BCUT2D eigenvalue weighted by Gasteiger charge is 2.30. The van der Waals surface area contributed by atoms with Crippen molar-refractivity contribution in [1.82, 2.24) is 10.2 Å². The van der Waals surface area contributed by atoms with Crippen molar-refractivity contribution in [2.45, 2.75) is 12.8 Å². The Morgan fingerprint density at radius 3 is 2.25 bits per heavy atom. The van der Waals surface area contributed by atoms with Crippen molar-refractivity contribution in [1.29, 1.82) is 0 Å². The fraction of sp³-hybridized carbons (Fsp3) is 0.875. The van der Waals surface area contributed by atoms with Gasteiger partial charge in [0.15, 0.2) is 0 Å². The number of rotatable bonds is 1. The summed E-state index contributed by atoms with van der Waals surface area (Å²) in [6.07, 6.45) is 2.40. The van der Waals surface area contributed by atoms with Crippen molar-refractivity contribution in [3.63, 3.8) is 0 Å². The molecule has 2 aliphatic rings. The van der Waals surface area contributed by atoms with Gasteiger partial charge >= 0.3 is 0 Å². The Morgan fingerprint density at radius 1 is 1.25 bits per heavy atom. The molecule has 70 valence electrons. The maximum absolute atomic E-state index is 11.5. The molecule has 2 aliphatic heterocycles. The van der Waals surface area contributed by atoms with E-state index >= 15 is 0 Å². The topological polar surface area (TPSA) is 32.3 Å². The average Bonchev–Trinajstić information content (AvgIpc) is 2.32. The van der Waals surface area contributed by atoms with Crippen molar-refractivity contribution in [2.75, 3.05) is 26.2 Å². The van der Waals surface area contributed by atoms with Crippen LogP contribution in [0.3, 0.4) is 0 Å². The number of carbonyl (C=O) groups is 1. The molecular weight excluding hydrogens is 176 g/mol. The SMILES string of the molecule is Cl.O=C(C1CNC1)N1CCCC1. The van der Waals surface area contributed by atoms with Crippen LogP contribution in [0, 0.1) is 5.92 Å². The molecule has 2 saturated heterocycles. The van der Waals surface area contributed by atoms with E-state index in [1.165, 1.54) is 12.8 Å². The highest BCUT2D eigenvalue weighted by atomic mass is 35.5. The predicted molar refractivity (Wildman–Crippen MR) is 49.4 cm³/mol. The lowest BCUT2D eigenvalue weighted by Crippen LogP contribution is -2.51. The standard InChI is InChI=1S/C8H14N2O.ClH/c11-8(7-5-9-6-7)10-3-1-2-4-10;/h7,9H,1-6H2;1H. The van der Waals surface area contributed by atoms with Gasteiger partial charge in [-0.05, 0) is 12.8 Å². The van der Waals surface area contributed by atoms with Gasteiger partial charge in [-0.15, -0.1) is 12.4 Å². The second-order valence-electron chi connectivity index (χ2n) is 3.39. The molecule has 2 heterocycles. The van der Waals surface area contributed by atoms with E-state index in [1.54, 1.807) is 0 Å². The van der Waals surface area contributed by atoms with Gasteiger partial charge in [-0.1, -0.05) is 0 Å². The summed E-state index contributed by atoms with van der Waals surface area (Å²) in [5.74, 6) is 0.675. The summed E-state index contributed by atoms with van der Waals surface area (Å²) < 4.78 is 0. The molecule has 0 aromatic heterocycles. The summed E-state index contributed by atoms with van der Waals surface area (Å²) in [4.78, 5) is 13.5. The summed E-state index contributed by atoms with van der Waals surface area (Å²) in [6, 6.07) is 0. The molecule has 2 fully saturated rings. The Morgan fingerprint density at radius 2 is 1.83 bits per heavy atom. The van der Waals surface area contributed by atoms with Gasteiger partial charge in [-0.2, -0.15) is 0 Å². The Hall–Kier alpha value is -0.280. The van der Waals surface area contributed by atoms with Gasteiger partial charge in [-0.3, -0.25) is 4.79 Å². The van der Waals surface area contributed by atoms with Crippen LogP contribution in [0.5, 0.6) is 0 Å². The van der Waals surface area contributed by atoms with Crippen molar-refractivity contribution in [3.05, 3.63) is 0 Å². The second kappa shape index (κ2) is 4.10. The molecule has 4 heteroatoms. The lowest BCUT2D eigenvalue weighted by Gasteiger charge is -2.29. The van der Waals surface area contributed by atoms with Gasteiger partial charge < -0.3 is 10.2 Å². The van der Waals surface area contributed by atoms with Crippen molar-refractivity contribution in [3.8, 4) is 0 Å². The number of likely N-dealkylation sites (tertiary alicyclic amines) is 1. The van der Waals surface area contributed by atoms with Crippen LogP contribution in [-0.2, 0) is 4.79 Å². The van der Waals surface area contributed by atoms with Crippen molar-refractivity contribution >= 4 is 18.3 Å². The number of amides is 1. The maximum Gasteiger partial charge on any atom is 0.228 e. The molecule has 0 bridgehead atoms. The first-order chi connectivity index (χ1) is 5.38. The number of hydrogen-bond acceptors (Lipinski definition) is 2. The van der Waals surface area contributed by atoms with E-state index in [0.717, 1.165) is 26.2 Å². The van der Waals surface area contributed by atoms with Crippen molar-refractivity contribution in [2.24, 2.45) is 5.92 Å². The molecule has 0 radical (unpaired) electrons. The van der Waals surface area contributed by atoms with Crippen LogP contribution in [0.4, 0.5) is 0 Å². The number of nitrogens with zero attached hydrogens (tertiary/aromatic N) is 1. The van der Waals surface area contributed by atoms with Crippen LogP contribution < -0.4 is 5.32 Å². The third-order valence-electron chi connectivity index (χ3n) is 2.55. The molecule has 0 saturated carbocycles. The minimum absolute atomic E-state index is 0. The van der Waals surface area contributed by atoms with Gasteiger partial charge in [0, 0.05) is 26.2 Å². The van der Waals surface area contributed by atoms with Crippen LogP contribution in [0.15, 0.2) is 0 Å². The highest BCUT2D eigenvalue weighted by molar-refractivity contribution is 5.85. The van der Waals surface area contributed by atoms with E-state index in [4.69, 9.17) is 0 Å². The third-order valence-corrected chi connectivity index (χ3v) is 2.55. The molecule has 0 atom stereocenters. The van der Waals surface area contributed by atoms with E-state index in [2.05, 4.69) is 5.32 Å². The van der Waals surface area contributed by atoms with E-state index in [1.807, 2.05) is 4.90 Å². The molecular formula is C8H15ClN2O. The first kappa shape index (κ1) is 9.81. The number of nitrogens with one attached hydrogen (secondary N) is 1. The molecule has 0 aromatic rings. The smallest absolute Gasteiger partial charge is 0.228 e. The molecule has 2 rings (SSSR count). The van der Waals surface area contributed by atoms with Crippen molar-refractivity contribution < 1.29 is 4.79 Å². The summed E-state index contributed by atoms with van der Waals surface area (Å²) >= 11 is 0. The summed E-state index contributed by atoms with van der Waals surface area (Å²) in [6.45, 7) is 3.79. The van der Waals surface area contributed by atoms with Gasteiger partial charge in [0.1, 0.15) is 0 Å². The van der Waals surface area contributed by atoms with E-state index in [0.29, 0.717) is 11.8 Å². The van der Waals surface area contributed by atoms with Crippen LogP contribution in [0.1, 0.15) is 12.8 Å². The molecule has 1 amide bonds. The lowest BCUT2D eigenvalue weighted by atomic mass is 10.0. The van der Waals surface area contributed by atoms with Gasteiger partial charge in [0.05, 0.1) is 5.92 Å². The lowest BCUT2D eigenvalue weighted by molar-refractivity contribution is -0.135. The monoisotopic (exact) mass is 190 g/mol. The minimum atomic E-state index is 0. The Kier molecular flexibility index (Phi) is 3.35. The Balaban J connectivity index is 0.000000720. The average molecular weight is 191 g/mol. The quantitative estimate of drug-likeness (QED) is 0.643. The fourth-order valence-electron chi connectivity index (χ4n) is 1.66. The first-order valence-electron chi connectivity index (χ1n) is 4.37. The Bertz CT molecular complexity index is 164. The number of halogens is 1. The third kappa shape index (κ3) is 1.72. The van der Waals surface area contributed by atoms with Crippen LogP contribution >= 0.6 is 12.4 Å². The van der Waals surface area contributed by atoms with Gasteiger partial charge in [0.2, 0.25) is 5.91 Å². The number of hydrogen-bond donors (Lipinski definition) is 1. The van der Waals surface area contributed by atoms with E-state index < -0.39 is 0 Å². The molecule has 0 unspecified atom stereocenters. The molecule has 0 aliphatic carbocycles. The van der Waals surface area contributed by atoms with Crippen LogP contribution in [-0.4, -0.2) is 37.0 Å². The van der Waals surface area contributed by atoms with E-state index in [-0.39, 0.29) is 12.4 Å². The molecule has 12 heavy (non-hydrogen) atoms. The normalized spacial score (nSPS) is 23.2. The zero-order chi connectivity index (χ0) is 7.68. The summed E-state index contributed by atoms with van der Waals surface area (Å²) in [5, 5.41) is 3.12. The summed E-state index contributed by atoms with van der Waals surface area (Å²) in [5.41, 5.74) is 0. The maximum atomic E-state index is 11.5. The minimum Gasteiger partial charge on any atom is -0.342 e. The molecule has 0 spiro atoms. The van der Waals surface area contributed by atoms with Crippen LogP contribution in [0.2, 0.25) is 0 Å². The fourth-order valence-corrected chi connectivity index (χ4v) is 1.66.